The van der Waals surface area contributed by atoms with Crippen LogP contribution < -0.4 is 15.4 Å². The molecule has 1 heterocycles. The fourth-order valence-electron chi connectivity index (χ4n) is 2.37. The summed E-state index contributed by atoms with van der Waals surface area (Å²) in [4.78, 5) is 35.7. The van der Waals surface area contributed by atoms with Crippen LogP contribution in [0.1, 0.15) is 18.0 Å². The molecular formula is C16H18N2O6. The average Bonchev–Trinajstić information content (AvgIpc) is 2.60. The lowest BCUT2D eigenvalue weighted by Gasteiger charge is -2.28. The summed E-state index contributed by atoms with van der Waals surface area (Å²) in [6, 6.07) is 5.57. The number of esters is 2. The van der Waals surface area contributed by atoms with E-state index in [0.717, 1.165) is 0 Å². The SMILES string of the molecule is COC(=O)CC1=C(C(=O)OC)[C@@H](c2ccc(OC)cc2)NC(=O)N1. The smallest absolute Gasteiger partial charge is 0.337 e. The van der Waals surface area contributed by atoms with Crippen molar-refractivity contribution < 1.29 is 28.6 Å². The van der Waals surface area contributed by atoms with Crippen molar-refractivity contribution in [3.05, 3.63) is 41.1 Å². The van der Waals surface area contributed by atoms with Gasteiger partial charge in [-0.05, 0) is 17.7 Å². The van der Waals surface area contributed by atoms with Crippen LogP contribution in [0.25, 0.3) is 0 Å². The fourth-order valence-corrected chi connectivity index (χ4v) is 2.37. The highest BCUT2D eigenvalue weighted by Gasteiger charge is 2.34. The first kappa shape index (κ1) is 17.3. The molecule has 1 aliphatic rings. The lowest BCUT2D eigenvalue weighted by molar-refractivity contribution is -0.139. The minimum atomic E-state index is -0.753. The lowest BCUT2D eigenvalue weighted by Crippen LogP contribution is -2.46. The van der Waals surface area contributed by atoms with Gasteiger partial charge in [-0.25, -0.2) is 9.59 Å². The highest BCUT2D eigenvalue weighted by atomic mass is 16.5. The van der Waals surface area contributed by atoms with Gasteiger partial charge in [-0.3, -0.25) is 4.79 Å². The third kappa shape index (κ3) is 3.65. The minimum Gasteiger partial charge on any atom is -0.497 e. The Hall–Kier alpha value is -3.03. The summed E-state index contributed by atoms with van der Waals surface area (Å²) >= 11 is 0. The van der Waals surface area contributed by atoms with Crippen LogP contribution in [0.2, 0.25) is 0 Å². The third-order valence-corrected chi connectivity index (χ3v) is 3.56. The molecule has 0 saturated carbocycles. The van der Waals surface area contributed by atoms with Crippen molar-refractivity contribution in [2.75, 3.05) is 21.3 Å². The molecule has 0 unspecified atom stereocenters. The van der Waals surface area contributed by atoms with E-state index in [0.29, 0.717) is 11.3 Å². The van der Waals surface area contributed by atoms with Crippen molar-refractivity contribution in [1.82, 2.24) is 10.6 Å². The maximum atomic E-state index is 12.2. The molecule has 2 rings (SSSR count). The zero-order valence-electron chi connectivity index (χ0n) is 13.5. The topological polar surface area (TPSA) is 103 Å². The molecule has 1 aromatic carbocycles. The van der Waals surface area contributed by atoms with Crippen molar-refractivity contribution in [3.63, 3.8) is 0 Å². The summed E-state index contributed by atoms with van der Waals surface area (Å²) in [7, 11) is 3.99. The highest BCUT2D eigenvalue weighted by molar-refractivity contribution is 5.96. The first-order chi connectivity index (χ1) is 11.5. The Labute approximate surface area is 138 Å². The van der Waals surface area contributed by atoms with Gasteiger partial charge in [0.15, 0.2) is 0 Å². The van der Waals surface area contributed by atoms with E-state index in [2.05, 4.69) is 15.4 Å². The summed E-state index contributed by atoms with van der Waals surface area (Å²) in [6.45, 7) is 0. The quantitative estimate of drug-likeness (QED) is 0.780. The number of methoxy groups -OCH3 is 3. The molecule has 1 aliphatic heterocycles. The molecule has 0 spiro atoms. The van der Waals surface area contributed by atoms with Crippen molar-refractivity contribution in [2.45, 2.75) is 12.5 Å². The van der Waals surface area contributed by atoms with E-state index in [9.17, 15) is 14.4 Å². The first-order valence-corrected chi connectivity index (χ1v) is 7.09. The molecule has 0 bridgehead atoms. The van der Waals surface area contributed by atoms with E-state index in [4.69, 9.17) is 9.47 Å². The molecule has 0 radical (unpaired) electrons. The molecule has 8 nitrogen and oxygen atoms in total. The summed E-state index contributed by atoms with van der Waals surface area (Å²) in [5.74, 6) is -0.596. The van der Waals surface area contributed by atoms with Gasteiger partial charge in [-0.2, -0.15) is 0 Å². The van der Waals surface area contributed by atoms with Crippen LogP contribution >= 0.6 is 0 Å². The summed E-state index contributed by atoms with van der Waals surface area (Å²) in [5.41, 5.74) is 0.944. The normalized spacial score (nSPS) is 16.8. The third-order valence-electron chi connectivity index (χ3n) is 3.56. The molecule has 1 aromatic rings. The van der Waals surface area contributed by atoms with E-state index in [-0.39, 0.29) is 17.7 Å². The predicted octanol–water partition coefficient (Wildman–Crippen LogP) is 1.04. The van der Waals surface area contributed by atoms with Crippen LogP contribution in [0, 0.1) is 0 Å². The van der Waals surface area contributed by atoms with E-state index < -0.39 is 24.0 Å². The Kier molecular flexibility index (Phi) is 5.41. The van der Waals surface area contributed by atoms with E-state index >= 15 is 0 Å². The largest absolute Gasteiger partial charge is 0.497 e. The second kappa shape index (κ2) is 7.49. The second-order valence-electron chi connectivity index (χ2n) is 4.94. The molecule has 1 atom stereocenters. The van der Waals surface area contributed by atoms with Gasteiger partial charge in [0.05, 0.1) is 39.4 Å². The van der Waals surface area contributed by atoms with Crippen LogP contribution in [0.15, 0.2) is 35.5 Å². The molecule has 0 saturated heterocycles. The zero-order valence-corrected chi connectivity index (χ0v) is 13.5. The number of hydrogen-bond acceptors (Lipinski definition) is 6. The van der Waals surface area contributed by atoms with Gasteiger partial charge in [-0.15, -0.1) is 0 Å². The highest BCUT2D eigenvalue weighted by Crippen LogP contribution is 2.29. The van der Waals surface area contributed by atoms with Crippen molar-refractivity contribution in [1.29, 1.82) is 0 Å². The van der Waals surface area contributed by atoms with Gasteiger partial charge in [-0.1, -0.05) is 12.1 Å². The molecule has 24 heavy (non-hydrogen) atoms. The molecule has 128 valence electrons. The Balaban J connectivity index is 2.48. The molecule has 2 amide bonds. The van der Waals surface area contributed by atoms with Crippen molar-refractivity contribution in [3.8, 4) is 5.75 Å². The number of amides is 2. The zero-order chi connectivity index (χ0) is 17.7. The summed E-state index contributed by atoms with van der Waals surface area (Å²) in [6.07, 6.45) is -0.249. The van der Waals surface area contributed by atoms with Crippen molar-refractivity contribution >= 4 is 18.0 Å². The number of carbonyl (C=O) groups excluding carboxylic acids is 3. The van der Waals surface area contributed by atoms with Crippen LogP contribution in [-0.4, -0.2) is 39.3 Å². The monoisotopic (exact) mass is 334 g/mol. The maximum Gasteiger partial charge on any atom is 0.337 e. The van der Waals surface area contributed by atoms with E-state index in [1.165, 1.54) is 21.3 Å². The van der Waals surface area contributed by atoms with Gasteiger partial charge in [0.25, 0.3) is 0 Å². The van der Waals surface area contributed by atoms with E-state index in [1.54, 1.807) is 24.3 Å². The number of hydrogen-bond donors (Lipinski definition) is 2. The lowest BCUT2D eigenvalue weighted by atomic mass is 9.94. The molecule has 0 aromatic heterocycles. The van der Waals surface area contributed by atoms with Crippen LogP contribution in [0.4, 0.5) is 4.79 Å². The average molecular weight is 334 g/mol. The Morgan fingerprint density at radius 2 is 1.75 bits per heavy atom. The fraction of sp³-hybridized carbons (Fsp3) is 0.312. The van der Waals surface area contributed by atoms with Gasteiger partial charge in [0, 0.05) is 5.70 Å². The number of urea groups is 1. The number of rotatable bonds is 5. The summed E-state index contributed by atoms with van der Waals surface area (Å²) in [5, 5.41) is 5.13. The number of carbonyl (C=O) groups is 3. The number of nitrogens with one attached hydrogen (secondary N) is 2. The van der Waals surface area contributed by atoms with Crippen LogP contribution in [0.3, 0.4) is 0 Å². The van der Waals surface area contributed by atoms with Gasteiger partial charge < -0.3 is 24.8 Å². The molecular weight excluding hydrogens is 316 g/mol. The summed E-state index contributed by atoms with van der Waals surface area (Å²) < 4.78 is 14.5. The number of benzene rings is 1. The maximum absolute atomic E-state index is 12.2. The molecule has 0 fully saturated rings. The molecule has 8 heteroatoms. The van der Waals surface area contributed by atoms with E-state index in [1.807, 2.05) is 0 Å². The first-order valence-electron chi connectivity index (χ1n) is 7.09. The Morgan fingerprint density at radius 3 is 2.29 bits per heavy atom. The standard InChI is InChI=1S/C16H18N2O6/c1-22-10-6-4-9(5-7-10)14-13(15(20)24-3)11(8-12(19)23-2)17-16(21)18-14/h4-7,14H,8H2,1-3H3,(H2,17,18,21)/t14-/m1/s1. The Bertz CT molecular complexity index is 680. The van der Waals surface area contributed by atoms with Gasteiger partial charge in [0.2, 0.25) is 0 Å². The second-order valence-corrected chi connectivity index (χ2v) is 4.94. The predicted molar refractivity (Wildman–Crippen MR) is 83.1 cm³/mol. The van der Waals surface area contributed by atoms with Crippen LogP contribution in [0.5, 0.6) is 5.75 Å². The van der Waals surface area contributed by atoms with Gasteiger partial charge in [0.1, 0.15) is 5.75 Å². The number of ether oxygens (including phenoxy) is 3. The molecule has 0 aliphatic carbocycles. The Morgan fingerprint density at radius 1 is 1.08 bits per heavy atom. The molecule has 2 N–H and O–H groups in total. The minimum absolute atomic E-state index is 0.146. The van der Waals surface area contributed by atoms with Gasteiger partial charge >= 0.3 is 18.0 Å². The van der Waals surface area contributed by atoms with Crippen LogP contribution in [-0.2, 0) is 19.1 Å². The van der Waals surface area contributed by atoms with Crippen molar-refractivity contribution in [2.24, 2.45) is 0 Å².